The molecule has 0 radical (unpaired) electrons. The van der Waals surface area contributed by atoms with Crippen LogP contribution >= 0.6 is 0 Å². The van der Waals surface area contributed by atoms with E-state index in [2.05, 4.69) is 34.0 Å². The summed E-state index contributed by atoms with van der Waals surface area (Å²) in [6, 6.07) is 13.5. The van der Waals surface area contributed by atoms with Crippen LogP contribution in [0.15, 0.2) is 59.7 Å². The molecular formula is C25H28N4O2. The minimum Gasteiger partial charge on any atom is -0.487 e. The summed E-state index contributed by atoms with van der Waals surface area (Å²) in [6.07, 6.45) is 4.60. The van der Waals surface area contributed by atoms with Crippen LogP contribution in [0.1, 0.15) is 29.9 Å². The molecule has 0 aliphatic carbocycles. The highest BCUT2D eigenvalue weighted by Gasteiger charge is 2.18. The Morgan fingerprint density at radius 3 is 2.81 bits per heavy atom. The van der Waals surface area contributed by atoms with Crippen LogP contribution in [0.25, 0.3) is 16.6 Å². The lowest BCUT2D eigenvalue weighted by molar-refractivity contribution is 0.300. The van der Waals surface area contributed by atoms with Crippen LogP contribution in [0.2, 0.25) is 0 Å². The van der Waals surface area contributed by atoms with Crippen molar-refractivity contribution in [3.8, 4) is 11.4 Å². The summed E-state index contributed by atoms with van der Waals surface area (Å²) in [4.78, 5) is 17.1. The third-order valence-corrected chi connectivity index (χ3v) is 5.79. The van der Waals surface area contributed by atoms with Crippen molar-refractivity contribution in [2.45, 2.75) is 33.9 Å². The number of benzene rings is 1. The standard InChI is InChI=1S/C24H24N4O2.CH4/c1-16-3-4-17(26-13-16)15-30-19-8-10-28(24(29)12-19)18-5-6-20-21-14-25-9-7-22(21)27(2)23(20)11-18;/h3-6,8,10-13,25H,7,9,14-15H2,1-2H3;1H4. The maximum atomic E-state index is 12.8. The topological polar surface area (TPSA) is 61.1 Å². The molecule has 0 unspecified atom stereocenters. The van der Waals surface area contributed by atoms with E-state index in [1.165, 1.54) is 22.7 Å². The molecule has 1 N–H and O–H groups in total. The first-order valence-electron chi connectivity index (χ1n) is 10.2. The summed E-state index contributed by atoms with van der Waals surface area (Å²) in [6.45, 7) is 4.23. The smallest absolute Gasteiger partial charge is 0.258 e. The van der Waals surface area contributed by atoms with Crippen molar-refractivity contribution in [3.63, 3.8) is 0 Å². The molecule has 1 aliphatic rings. The number of fused-ring (bicyclic) bond motifs is 3. The fourth-order valence-electron chi connectivity index (χ4n) is 4.15. The number of aromatic nitrogens is 3. The Kier molecular flexibility index (Phi) is 5.65. The number of pyridine rings is 2. The zero-order chi connectivity index (χ0) is 20.7. The van der Waals surface area contributed by atoms with Gasteiger partial charge in [0, 0.05) is 56.1 Å². The van der Waals surface area contributed by atoms with Crippen LogP contribution < -0.4 is 15.6 Å². The van der Waals surface area contributed by atoms with Gasteiger partial charge in [0.25, 0.3) is 5.56 Å². The second kappa shape index (κ2) is 8.40. The van der Waals surface area contributed by atoms with Gasteiger partial charge in [0.05, 0.1) is 16.9 Å². The van der Waals surface area contributed by atoms with Crippen molar-refractivity contribution in [2.75, 3.05) is 6.54 Å². The summed E-state index contributed by atoms with van der Waals surface area (Å²) in [5.74, 6) is 0.542. The van der Waals surface area contributed by atoms with Crippen molar-refractivity contribution >= 4 is 10.9 Å². The molecule has 0 fully saturated rings. The summed E-state index contributed by atoms with van der Waals surface area (Å²) in [5, 5.41) is 4.70. The van der Waals surface area contributed by atoms with E-state index >= 15 is 0 Å². The molecule has 3 aromatic heterocycles. The molecule has 160 valence electrons. The predicted octanol–water partition coefficient (Wildman–Crippen LogP) is 3.89. The zero-order valence-corrected chi connectivity index (χ0v) is 17.2. The van der Waals surface area contributed by atoms with Crippen LogP contribution in [0.4, 0.5) is 0 Å². The molecule has 5 rings (SSSR count). The largest absolute Gasteiger partial charge is 0.487 e. The zero-order valence-electron chi connectivity index (χ0n) is 17.2. The van der Waals surface area contributed by atoms with Crippen molar-refractivity contribution in [1.29, 1.82) is 0 Å². The Hall–Kier alpha value is -3.38. The normalized spacial score (nSPS) is 13.0. The maximum Gasteiger partial charge on any atom is 0.258 e. The number of nitrogens with one attached hydrogen (secondary N) is 1. The van der Waals surface area contributed by atoms with Crippen LogP contribution in [-0.4, -0.2) is 20.7 Å². The Balaban J connectivity index is 0.00000231. The molecule has 0 spiro atoms. The number of aryl methyl sites for hydroxylation is 2. The minimum atomic E-state index is -0.121. The van der Waals surface area contributed by atoms with Crippen molar-refractivity contribution in [3.05, 3.63) is 87.7 Å². The highest BCUT2D eigenvalue weighted by atomic mass is 16.5. The molecular weight excluding hydrogens is 388 g/mol. The van der Waals surface area contributed by atoms with Crippen LogP contribution in [0.3, 0.4) is 0 Å². The molecule has 4 aromatic rings. The van der Waals surface area contributed by atoms with Crippen LogP contribution in [0.5, 0.6) is 5.75 Å². The number of ether oxygens (including phenoxy) is 1. The highest BCUT2D eigenvalue weighted by molar-refractivity contribution is 5.87. The first-order chi connectivity index (χ1) is 14.6. The predicted molar refractivity (Wildman–Crippen MR) is 124 cm³/mol. The molecule has 0 atom stereocenters. The maximum absolute atomic E-state index is 12.8. The Morgan fingerprint density at radius 1 is 1.16 bits per heavy atom. The fourth-order valence-corrected chi connectivity index (χ4v) is 4.15. The van der Waals surface area contributed by atoms with Gasteiger partial charge >= 0.3 is 0 Å². The lowest BCUT2D eigenvalue weighted by atomic mass is 10.1. The van der Waals surface area contributed by atoms with Gasteiger partial charge in [0.2, 0.25) is 0 Å². The SMILES string of the molecule is C.Cc1ccc(COc2ccn(-c3ccc4c5c(n(C)c4c3)CCNC5)c(=O)c2)nc1. The molecule has 0 amide bonds. The van der Waals surface area contributed by atoms with Gasteiger partial charge in [-0.05, 0) is 42.3 Å². The number of nitrogens with zero attached hydrogens (tertiary/aromatic N) is 3. The van der Waals surface area contributed by atoms with Crippen molar-refractivity contribution in [2.24, 2.45) is 7.05 Å². The quantitative estimate of drug-likeness (QED) is 0.548. The molecule has 1 aromatic carbocycles. The van der Waals surface area contributed by atoms with Crippen molar-refractivity contribution < 1.29 is 4.74 Å². The third-order valence-electron chi connectivity index (χ3n) is 5.79. The first kappa shape index (κ1) is 20.9. The second-order valence-electron chi connectivity index (χ2n) is 7.80. The molecule has 0 saturated carbocycles. The van der Waals surface area contributed by atoms with Gasteiger partial charge in [-0.2, -0.15) is 0 Å². The third kappa shape index (κ3) is 3.86. The summed E-state index contributed by atoms with van der Waals surface area (Å²) in [5.41, 5.74) is 6.56. The van der Waals surface area contributed by atoms with E-state index in [9.17, 15) is 4.79 Å². The average molecular weight is 417 g/mol. The second-order valence-corrected chi connectivity index (χ2v) is 7.80. The fraction of sp³-hybridized carbons (Fsp3) is 0.280. The highest BCUT2D eigenvalue weighted by Crippen LogP contribution is 2.29. The minimum absolute atomic E-state index is 0. The first-order valence-corrected chi connectivity index (χ1v) is 10.2. The van der Waals surface area contributed by atoms with E-state index in [1.54, 1.807) is 10.8 Å². The van der Waals surface area contributed by atoms with E-state index in [4.69, 9.17) is 4.74 Å². The van der Waals surface area contributed by atoms with E-state index in [1.807, 2.05) is 37.4 Å². The van der Waals surface area contributed by atoms with Gasteiger partial charge in [0.15, 0.2) is 0 Å². The van der Waals surface area contributed by atoms with Gasteiger partial charge in [-0.1, -0.05) is 19.6 Å². The number of hydrogen-bond donors (Lipinski definition) is 1. The van der Waals surface area contributed by atoms with Gasteiger partial charge in [-0.25, -0.2) is 0 Å². The average Bonchev–Trinajstić information content (AvgIpc) is 3.05. The van der Waals surface area contributed by atoms with Crippen LogP contribution in [0, 0.1) is 6.92 Å². The Morgan fingerprint density at radius 2 is 2.03 bits per heavy atom. The summed E-state index contributed by atoms with van der Waals surface area (Å²) in [7, 11) is 2.11. The number of rotatable bonds is 4. The van der Waals surface area contributed by atoms with Gasteiger partial charge in [-0.3, -0.25) is 14.3 Å². The summed E-state index contributed by atoms with van der Waals surface area (Å²) < 4.78 is 9.67. The van der Waals surface area contributed by atoms with Gasteiger partial charge in [0.1, 0.15) is 12.4 Å². The Labute approximate surface area is 182 Å². The van der Waals surface area contributed by atoms with E-state index in [0.29, 0.717) is 12.4 Å². The lowest BCUT2D eigenvalue weighted by Crippen LogP contribution is -2.24. The molecule has 1 aliphatic heterocycles. The van der Waals surface area contributed by atoms with Gasteiger partial charge < -0.3 is 14.6 Å². The molecule has 6 heteroatoms. The monoisotopic (exact) mass is 416 g/mol. The molecule has 0 bridgehead atoms. The molecule has 4 heterocycles. The van der Waals surface area contributed by atoms with E-state index in [0.717, 1.165) is 42.0 Å². The van der Waals surface area contributed by atoms with Gasteiger partial charge in [-0.15, -0.1) is 0 Å². The Bertz CT molecular complexity index is 1290. The summed E-state index contributed by atoms with van der Waals surface area (Å²) >= 11 is 0. The number of hydrogen-bond acceptors (Lipinski definition) is 4. The van der Waals surface area contributed by atoms with Crippen LogP contribution in [-0.2, 0) is 26.6 Å². The lowest BCUT2D eigenvalue weighted by Gasteiger charge is -2.14. The van der Waals surface area contributed by atoms with E-state index < -0.39 is 0 Å². The molecule has 0 saturated heterocycles. The van der Waals surface area contributed by atoms with E-state index in [-0.39, 0.29) is 13.0 Å². The van der Waals surface area contributed by atoms with Crippen molar-refractivity contribution in [1.82, 2.24) is 19.4 Å². The molecule has 6 nitrogen and oxygen atoms in total. The molecule has 31 heavy (non-hydrogen) atoms.